The molecule has 1 saturated carbocycles. The van der Waals surface area contributed by atoms with Gasteiger partial charge in [0.05, 0.1) is 6.10 Å². The van der Waals surface area contributed by atoms with Gasteiger partial charge in [0, 0.05) is 26.6 Å². The van der Waals surface area contributed by atoms with Crippen molar-refractivity contribution < 1.29 is 14.3 Å². The molecule has 0 saturated heterocycles. The Bertz CT molecular complexity index is 435. The first-order chi connectivity index (χ1) is 11.6. The van der Waals surface area contributed by atoms with Gasteiger partial charge in [-0.15, -0.1) is 0 Å². The Morgan fingerprint density at radius 1 is 1.24 bits per heavy atom. The molecule has 146 valence electrons. The molecule has 1 aliphatic rings. The average Bonchev–Trinajstić information content (AvgIpc) is 2.52. The number of nitrogens with one attached hydrogen (secondary N) is 1. The lowest BCUT2D eigenvalue weighted by Crippen LogP contribution is -2.44. The number of hydrogen-bond donors (Lipinski definition) is 1. The second kappa shape index (κ2) is 10.1. The summed E-state index contributed by atoms with van der Waals surface area (Å²) < 4.78 is 5.37. The molecule has 0 bridgehead atoms. The standard InChI is InChI=1S/C20H38N2O3/c1-15(2)25-12-19(24)22(6)14-20(4,5)13-21-18(23)11-17-10-8-7-9-16(17)3/h15-17H,7-14H2,1-6H3,(H,21,23). The smallest absolute Gasteiger partial charge is 0.248 e. The number of nitrogens with zero attached hydrogens (tertiary/aromatic N) is 1. The van der Waals surface area contributed by atoms with E-state index in [1.807, 2.05) is 13.8 Å². The van der Waals surface area contributed by atoms with E-state index in [1.165, 1.54) is 25.7 Å². The molecule has 2 atom stereocenters. The van der Waals surface area contributed by atoms with Crippen molar-refractivity contribution in [1.82, 2.24) is 10.2 Å². The Labute approximate surface area is 153 Å². The van der Waals surface area contributed by atoms with E-state index < -0.39 is 0 Å². The Morgan fingerprint density at radius 3 is 2.48 bits per heavy atom. The van der Waals surface area contributed by atoms with Crippen molar-refractivity contribution in [2.75, 3.05) is 26.7 Å². The van der Waals surface area contributed by atoms with Crippen molar-refractivity contribution >= 4 is 11.8 Å². The number of ether oxygens (including phenoxy) is 1. The number of amides is 2. The van der Waals surface area contributed by atoms with Crippen molar-refractivity contribution in [2.24, 2.45) is 17.3 Å². The average molecular weight is 355 g/mol. The number of likely N-dealkylation sites (N-methyl/N-ethyl adjacent to an activating group) is 1. The van der Waals surface area contributed by atoms with Crippen LogP contribution in [0.25, 0.3) is 0 Å². The lowest BCUT2D eigenvalue weighted by molar-refractivity contribution is -0.137. The minimum absolute atomic E-state index is 0.0240. The van der Waals surface area contributed by atoms with Crippen LogP contribution in [0.1, 0.15) is 66.7 Å². The predicted molar refractivity (Wildman–Crippen MR) is 101 cm³/mol. The van der Waals surface area contributed by atoms with Crippen LogP contribution in [0.4, 0.5) is 0 Å². The van der Waals surface area contributed by atoms with Crippen LogP contribution in [0, 0.1) is 17.3 Å². The molecule has 1 rings (SSSR count). The summed E-state index contributed by atoms with van der Waals surface area (Å²) in [4.78, 5) is 26.1. The maximum Gasteiger partial charge on any atom is 0.248 e. The Balaban J connectivity index is 2.35. The lowest BCUT2D eigenvalue weighted by Gasteiger charge is -2.32. The van der Waals surface area contributed by atoms with Gasteiger partial charge in [-0.05, 0) is 37.5 Å². The van der Waals surface area contributed by atoms with Crippen molar-refractivity contribution in [1.29, 1.82) is 0 Å². The van der Waals surface area contributed by atoms with Crippen LogP contribution in [0.2, 0.25) is 0 Å². The molecule has 0 aliphatic heterocycles. The van der Waals surface area contributed by atoms with E-state index in [9.17, 15) is 9.59 Å². The quantitative estimate of drug-likeness (QED) is 0.691. The van der Waals surface area contributed by atoms with Crippen LogP contribution in [0.3, 0.4) is 0 Å². The normalized spacial score (nSPS) is 21.2. The third kappa shape index (κ3) is 8.70. The van der Waals surface area contributed by atoms with Gasteiger partial charge in [-0.3, -0.25) is 9.59 Å². The monoisotopic (exact) mass is 354 g/mol. The molecule has 2 amide bonds. The van der Waals surface area contributed by atoms with E-state index >= 15 is 0 Å². The van der Waals surface area contributed by atoms with Crippen LogP contribution in [-0.4, -0.2) is 49.6 Å². The summed E-state index contributed by atoms with van der Waals surface area (Å²) in [7, 11) is 1.79. The second-order valence-corrected chi connectivity index (χ2v) is 8.78. The molecule has 0 radical (unpaired) electrons. The van der Waals surface area contributed by atoms with Gasteiger partial charge in [0.15, 0.2) is 0 Å². The number of rotatable bonds is 9. The zero-order valence-electron chi connectivity index (χ0n) is 17.1. The van der Waals surface area contributed by atoms with Gasteiger partial charge in [-0.25, -0.2) is 0 Å². The van der Waals surface area contributed by atoms with Crippen LogP contribution in [0.15, 0.2) is 0 Å². The third-order valence-corrected chi connectivity index (χ3v) is 5.13. The summed E-state index contributed by atoms with van der Waals surface area (Å²) in [6, 6.07) is 0. The molecule has 0 aromatic carbocycles. The molecule has 5 nitrogen and oxygen atoms in total. The summed E-state index contributed by atoms with van der Waals surface area (Å²) in [5, 5.41) is 3.08. The highest BCUT2D eigenvalue weighted by Gasteiger charge is 2.26. The summed E-state index contributed by atoms with van der Waals surface area (Å²) in [5.74, 6) is 1.29. The van der Waals surface area contributed by atoms with Crippen molar-refractivity contribution in [3.8, 4) is 0 Å². The van der Waals surface area contributed by atoms with Gasteiger partial charge >= 0.3 is 0 Å². The summed E-state index contributed by atoms with van der Waals surface area (Å²) in [6.07, 6.45) is 5.65. The molecule has 0 spiro atoms. The minimum atomic E-state index is -0.171. The minimum Gasteiger partial charge on any atom is -0.369 e. The molecule has 0 heterocycles. The topological polar surface area (TPSA) is 58.6 Å². The molecule has 1 fully saturated rings. The van der Waals surface area contributed by atoms with Gasteiger partial charge in [-0.2, -0.15) is 0 Å². The zero-order chi connectivity index (χ0) is 19.0. The van der Waals surface area contributed by atoms with E-state index in [2.05, 4.69) is 26.1 Å². The molecule has 1 aliphatic carbocycles. The molecule has 1 N–H and O–H groups in total. The third-order valence-electron chi connectivity index (χ3n) is 5.13. The molecule has 25 heavy (non-hydrogen) atoms. The zero-order valence-corrected chi connectivity index (χ0v) is 17.1. The molecule has 5 heteroatoms. The first-order valence-corrected chi connectivity index (χ1v) is 9.73. The lowest BCUT2D eigenvalue weighted by atomic mass is 9.78. The SMILES string of the molecule is CC(C)OCC(=O)N(C)CC(C)(C)CNC(=O)CC1CCCCC1C. The fraction of sp³-hybridized carbons (Fsp3) is 0.900. The number of carbonyl (C=O) groups excluding carboxylic acids is 2. The van der Waals surface area contributed by atoms with Gasteiger partial charge < -0.3 is 15.0 Å². The molecule has 2 unspecified atom stereocenters. The predicted octanol–water partition coefficient (Wildman–Crippen LogP) is 3.23. The van der Waals surface area contributed by atoms with E-state index in [4.69, 9.17) is 4.74 Å². The van der Waals surface area contributed by atoms with Gasteiger partial charge in [-0.1, -0.05) is 40.0 Å². The first-order valence-electron chi connectivity index (χ1n) is 9.73. The van der Waals surface area contributed by atoms with E-state index in [0.29, 0.717) is 31.3 Å². The fourth-order valence-corrected chi connectivity index (χ4v) is 3.48. The Kier molecular flexibility index (Phi) is 8.91. The van der Waals surface area contributed by atoms with Gasteiger partial charge in [0.25, 0.3) is 0 Å². The maximum atomic E-state index is 12.3. The summed E-state index contributed by atoms with van der Waals surface area (Å²) in [5.41, 5.74) is -0.171. The first kappa shape index (κ1) is 21.9. The van der Waals surface area contributed by atoms with Crippen molar-refractivity contribution in [3.63, 3.8) is 0 Å². The highest BCUT2D eigenvalue weighted by Crippen LogP contribution is 2.31. The Hall–Kier alpha value is -1.10. The van der Waals surface area contributed by atoms with Crippen molar-refractivity contribution in [3.05, 3.63) is 0 Å². The van der Waals surface area contributed by atoms with Crippen LogP contribution in [0.5, 0.6) is 0 Å². The molecular weight excluding hydrogens is 316 g/mol. The molecule has 0 aromatic heterocycles. The van der Waals surface area contributed by atoms with E-state index in [1.54, 1.807) is 11.9 Å². The molecular formula is C20H38N2O3. The van der Waals surface area contributed by atoms with Gasteiger partial charge in [0.1, 0.15) is 6.61 Å². The van der Waals surface area contributed by atoms with Crippen LogP contribution in [-0.2, 0) is 14.3 Å². The van der Waals surface area contributed by atoms with E-state index in [-0.39, 0.29) is 29.9 Å². The fourth-order valence-electron chi connectivity index (χ4n) is 3.48. The summed E-state index contributed by atoms with van der Waals surface area (Å²) in [6.45, 7) is 11.5. The number of carbonyl (C=O) groups is 2. The highest BCUT2D eigenvalue weighted by molar-refractivity contribution is 5.77. The largest absolute Gasteiger partial charge is 0.369 e. The van der Waals surface area contributed by atoms with Gasteiger partial charge in [0.2, 0.25) is 11.8 Å². The highest BCUT2D eigenvalue weighted by atomic mass is 16.5. The van der Waals surface area contributed by atoms with Crippen molar-refractivity contribution in [2.45, 2.75) is 72.8 Å². The number of hydrogen-bond acceptors (Lipinski definition) is 3. The summed E-state index contributed by atoms with van der Waals surface area (Å²) >= 11 is 0. The maximum absolute atomic E-state index is 12.3. The molecule has 0 aromatic rings. The Morgan fingerprint density at radius 2 is 1.88 bits per heavy atom. The van der Waals surface area contributed by atoms with E-state index in [0.717, 1.165) is 0 Å². The van der Waals surface area contributed by atoms with Crippen LogP contribution < -0.4 is 5.32 Å². The second-order valence-electron chi connectivity index (χ2n) is 8.78. The van der Waals surface area contributed by atoms with Crippen LogP contribution >= 0.6 is 0 Å².